The van der Waals surface area contributed by atoms with Gasteiger partial charge in [0.1, 0.15) is 16.3 Å². The Hall–Kier alpha value is -2.08. The van der Waals surface area contributed by atoms with Crippen LogP contribution in [0.3, 0.4) is 0 Å². The van der Waals surface area contributed by atoms with E-state index in [1.165, 1.54) is 0 Å². The van der Waals surface area contributed by atoms with Crippen LogP contribution in [-0.2, 0) is 6.54 Å². The molecule has 2 N–H and O–H groups in total. The van der Waals surface area contributed by atoms with Crippen molar-refractivity contribution in [3.05, 3.63) is 34.8 Å². The van der Waals surface area contributed by atoms with Gasteiger partial charge in [0.25, 0.3) is 0 Å². The molecule has 0 aliphatic heterocycles. The molecular formula is C14H16N4OS. The minimum atomic E-state index is 0.489. The van der Waals surface area contributed by atoms with Gasteiger partial charge in [-0.2, -0.15) is 0 Å². The number of hydrogen-bond donors (Lipinski definition) is 1. The van der Waals surface area contributed by atoms with Crippen LogP contribution >= 0.6 is 11.3 Å². The van der Waals surface area contributed by atoms with Crippen molar-refractivity contribution in [1.29, 1.82) is 0 Å². The smallest absolute Gasteiger partial charge is 0.201 e. The van der Waals surface area contributed by atoms with E-state index in [2.05, 4.69) is 16.9 Å². The van der Waals surface area contributed by atoms with Gasteiger partial charge in [-0.1, -0.05) is 13.0 Å². The summed E-state index contributed by atoms with van der Waals surface area (Å²) in [6.07, 6.45) is 2.76. The zero-order chi connectivity index (χ0) is 13.9. The second kappa shape index (κ2) is 5.50. The topological polar surface area (TPSA) is 66.0 Å². The molecule has 5 nitrogen and oxygen atoms in total. The summed E-state index contributed by atoms with van der Waals surface area (Å²) in [7, 11) is 0. The van der Waals surface area contributed by atoms with E-state index >= 15 is 0 Å². The van der Waals surface area contributed by atoms with E-state index in [0.29, 0.717) is 19.1 Å². The molecule has 0 aliphatic carbocycles. The molecule has 0 atom stereocenters. The Bertz CT molecular complexity index is 705. The first-order valence-electron chi connectivity index (χ1n) is 6.55. The molecule has 104 valence electrons. The molecule has 2 heterocycles. The van der Waals surface area contributed by atoms with Crippen LogP contribution in [0, 0.1) is 0 Å². The van der Waals surface area contributed by atoms with E-state index in [0.717, 1.165) is 28.2 Å². The number of benzene rings is 1. The molecule has 0 amide bonds. The Morgan fingerprint density at radius 3 is 3.05 bits per heavy atom. The molecule has 1 aromatic carbocycles. The first-order chi connectivity index (χ1) is 9.79. The summed E-state index contributed by atoms with van der Waals surface area (Å²) in [5.41, 5.74) is 7.83. The Labute approximate surface area is 121 Å². The van der Waals surface area contributed by atoms with Gasteiger partial charge in [0.15, 0.2) is 0 Å². The highest BCUT2D eigenvalue weighted by molar-refractivity contribution is 7.09. The average Bonchev–Trinajstić information content (AvgIpc) is 3.06. The van der Waals surface area contributed by atoms with E-state index in [1.54, 1.807) is 17.5 Å². The maximum absolute atomic E-state index is 6.04. The van der Waals surface area contributed by atoms with Crippen LogP contribution in [0.2, 0.25) is 0 Å². The Morgan fingerprint density at radius 1 is 1.40 bits per heavy atom. The van der Waals surface area contributed by atoms with Gasteiger partial charge >= 0.3 is 0 Å². The minimum Gasteiger partial charge on any atom is -0.491 e. The summed E-state index contributed by atoms with van der Waals surface area (Å²) in [6.45, 7) is 3.39. The largest absolute Gasteiger partial charge is 0.491 e. The second-order valence-electron chi connectivity index (χ2n) is 4.45. The SMILES string of the molecule is CCCOc1cccc2c1nc(N)n2Cc1nccs1. The number of nitrogen functional groups attached to an aromatic ring is 1. The maximum Gasteiger partial charge on any atom is 0.201 e. The van der Waals surface area contributed by atoms with Crippen LogP contribution < -0.4 is 10.5 Å². The molecule has 0 aliphatic rings. The van der Waals surface area contributed by atoms with Gasteiger partial charge in [-0.15, -0.1) is 11.3 Å². The number of ether oxygens (including phenoxy) is 1. The number of imidazole rings is 1. The van der Waals surface area contributed by atoms with Gasteiger partial charge in [0.05, 0.1) is 18.7 Å². The summed E-state index contributed by atoms with van der Waals surface area (Å²) in [6, 6.07) is 5.90. The zero-order valence-electron chi connectivity index (χ0n) is 11.2. The molecule has 6 heteroatoms. The third-order valence-electron chi connectivity index (χ3n) is 3.01. The van der Waals surface area contributed by atoms with Gasteiger partial charge in [0.2, 0.25) is 5.95 Å². The Morgan fingerprint density at radius 2 is 2.30 bits per heavy atom. The van der Waals surface area contributed by atoms with Crippen LogP contribution in [-0.4, -0.2) is 21.1 Å². The predicted octanol–water partition coefficient (Wildman–Crippen LogP) is 2.91. The molecule has 20 heavy (non-hydrogen) atoms. The average molecular weight is 288 g/mol. The molecule has 3 rings (SSSR count). The fraction of sp³-hybridized carbons (Fsp3) is 0.286. The van der Waals surface area contributed by atoms with Crippen LogP contribution in [0.5, 0.6) is 5.75 Å². The number of para-hydroxylation sites is 1. The van der Waals surface area contributed by atoms with Crippen molar-refractivity contribution >= 4 is 28.3 Å². The van der Waals surface area contributed by atoms with E-state index in [1.807, 2.05) is 28.1 Å². The van der Waals surface area contributed by atoms with Gasteiger partial charge < -0.3 is 15.0 Å². The van der Waals surface area contributed by atoms with Crippen molar-refractivity contribution < 1.29 is 4.74 Å². The molecular weight excluding hydrogens is 272 g/mol. The Balaban J connectivity index is 2.02. The van der Waals surface area contributed by atoms with Crippen molar-refractivity contribution in [2.24, 2.45) is 0 Å². The number of aromatic nitrogens is 3. The van der Waals surface area contributed by atoms with E-state index in [-0.39, 0.29) is 0 Å². The number of hydrogen-bond acceptors (Lipinski definition) is 5. The van der Waals surface area contributed by atoms with Gasteiger partial charge in [0, 0.05) is 11.6 Å². The lowest BCUT2D eigenvalue weighted by Crippen LogP contribution is -2.04. The molecule has 0 fully saturated rings. The van der Waals surface area contributed by atoms with Crippen molar-refractivity contribution in [3.8, 4) is 5.75 Å². The molecule has 0 saturated carbocycles. The van der Waals surface area contributed by atoms with Crippen LogP contribution in [0.15, 0.2) is 29.8 Å². The van der Waals surface area contributed by atoms with Crippen molar-refractivity contribution in [2.75, 3.05) is 12.3 Å². The highest BCUT2D eigenvalue weighted by Crippen LogP contribution is 2.28. The summed E-state index contributed by atoms with van der Waals surface area (Å²) in [4.78, 5) is 8.73. The highest BCUT2D eigenvalue weighted by atomic mass is 32.1. The molecule has 0 unspecified atom stereocenters. The quantitative estimate of drug-likeness (QED) is 0.784. The lowest BCUT2D eigenvalue weighted by atomic mass is 10.3. The lowest BCUT2D eigenvalue weighted by molar-refractivity contribution is 0.320. The normalized spacial score (nSPS) is 11.1. The highest BCUT2D eigenvalue weighted by Gasteiger charge is 2.13. The molecule has 0 bridgehead atoms. The maximum atomic E-state index is 6.04. The summed E-state index contributed by atoms with van der Waals surface area (Å²) in [5.74, 6) is 1.27. The van der Waals surface area contributed by atoms with Crippen LogP contribution in [0.25, 0.3) is 11.0 Å². The van der Waals surface area contributed by atoms with E-state index in [4.69, 9.17) is 10.5 Å². The van der Waals surface area contributed by atoms with Crippen molar-refractivity contribution in [2.45, 2.75) is 19.9 Å². The predicted molar refractivity (Wildman–Crippen MR) is 81.1 cm³/mol. The first kappa shape index (κ1) is 12.9. The van der Waals surface area contributed by atoms with E-state index in [9.17, 15) is 0 Å². The molecule has 0 saturated heterocycles. The third-order valence-corrected chi connectivity index (χ3v) is 3.77. The summed E-state index contributed by atoms with van der Waals surface area (Å²) < 4.78 is 7.69. The Kier molecular flexibility index (Phi) is 3.56. The fourth-order valence-electron chi connectivity index (χ4n) is 2.10. The van der Waals surface area contributed by atoms with Crippen molar-refractivity contribution in [1.82, 2.24) is 14.5 Å². The van der Waals surface area contributed by atoms with Gasteiger partial charge in [-0.25, -0.2) is 9.97 Å². The lowest BCUT2D eigenvalue weighted by Gasteiger charge is -2.06. The van der Waals surface area contributed by atoms with Crippen molar-refractivity contribution in [3.63, 3.8) is 0 Å². The fourth-order valence-corrected chi connectivity index (χ4v) is 2.70. The standard InChI is InChI=1S/C14H16N4OS/c1-2-7-19-11-5-3-4-10-13(11)17-14(15)18(10)9-12-16-6-8-20-12/h3-6,8H,2,7,9H2,1H3,(H2,15,17). The van der Waals surface area contributed by atoms with E-state index < -0.39 is 0 Å². The van der Waals surface area contributed by atoms with Gasteiger partial charge in [-0.05, 0) is 18.6 Å². The number of thiazole rings is 1. The minimum absolute atomic E-state index is 0.489. The number of rotatable bonds is 5. The summed E-state index contributed by atoms with van der Waals surface area (Å²) in [5, 5.41) is 2.97. The first-order valence-corrected chi connectivity index (χ1v) is 7.43. The number of anilines is 1. The number of nitrogens with two attached hydrogens (primary N) is 1. The molecule has 3 aromatic rings. The van der Waals surface area contributed by atoms with Crippen LogP contribution in [0.1, 0.15) is 18.4 Å². The molecule has 0 radical (unpaired) electrons. The number of nitrogens with zero attached hydrogens (tertiary/aromatic N) is 3. The van der Waals surface area contributed by atoms with Crippen LogP contribution in [0.4, 0.5) is 5.95 Å². The second-order valence-corrected chi connectivity index (χ2v) is 5.43. The number of fused-ring (bicyclic) bond motifs is 1. The molecule has 2 aromatic heterocycles. The zero-order valence-corrected chi connectivity index (χ0v) is 12.1. The van der Waals surface area contributed by atoms with Gasteiger partial charge in [-0.3, -0.25) is 0 Å². The molecule has 0 spiro atoms. The monoisotopic (exact) mass is 288 g/mol. The third kappa shape index (κ3) is 2.34. The summed E-state index contributed by atoms with van der Waals surface area (Å²) >= 11 is 1.61.